The molecule has 2 heteroatoms. The average Bonchev–Trinajstić information content (AvgIpc) is 2.21. The van der Waals surface area contributed by atoms with Crippen LogP contribution in [0, 0.1) is 0 Å². The highest BCUT2D eigenvalue weighted by molar-refractivity contribution is 5.68. The van der Waals surface area contributed by atoms with Gasteiger partial charge >= 0.3 is 5.97 Å². The fourth-order valence-corrected chi connectivity index (χ4v) is 0.894. The molecule has 14 heavy (non-hydrogen) atoms. The molecule has 2 nitrogen and oxygen atoms in total. The van der Waals surface area contributed by atoms with Crippen molar-refractivity contribution in [3.63, 3.8) is 0 Å². The first-order chi connectivity index (χ1) is 6.81. The molecular formula is C12H18O2. The zero-order valence-corrected chi connectivity index (χ0v) is 8.74. The van der Waals surface area contributed by atoms with Crippen LogP contribution in [0.5, 0.6) is 0 Å². The number of carbonyl (C=O) groups excluding carboxylic acids is 1. The lowest BCUT2D eigenvalue weighted by atomic mass is 10.2. The summed E-state index contributed by atoms with van der Waals surface area (Å²) in [7, 11) is 1.41. The van der Waals surface area contributed by atoms with Crippen LogP contribution >= 0.6 is 0 Å². The third kappa shape index (κ3) is 8.78. The van der Waals surface area contributed by atoms with Gasteiger partial charge in [-0.05, 0) is 19.3 Å². The normalized spacial score (nSPS) is 10.9. The minimum atomic E-state index is -0.138. The number of methoxy groups -OCH3 is 1. The SMILES string of the molecule is C=CC/C=C/C=C/CCCC(=O)OC. The number of ether oxygens (including phenoxy) is 1. The first-order valence-corrected chi connectivity index (χ1v) is 4.80. The molecule has 0 N–H and O–H groups in total. The number of unbranched alkanes of at least 4 members (excludes halogenated alkanes) is 1. The van der Waals surface area contributed by atoms with E-state index in [0.717, 1.165) is 19.3 Å². The van der Waals surface area contributed by atoms with E-state index in [1.54, 1.807) is 0 Å². The minimum Gasteiger partial charge on any atom is -0.469 e. The van der Waals surface area contributed by atoms with E-state index < -0.39 is 0 Å². The Hall–Kier alpha value is -1.31. The molecule has 0 rings (SSSR count). The maximum Gasteiger partial charge on any atom is 0.305 e. The van der Waals surface area contributed by atoms with E-state index in [1.165, 1.54) is 7.11 Å². The van der Waals surface area contributed by atoms with Gasteiger partial charge in [0, 0.05) is 6.42 Å². The van der Waals surface area contributed by atoms with Gasteiger partial charge in [-0.25, -0.2) is 0 Å². The van der Waals surface area contributed by atoms with Crippen LogP contribution in [0.25, 0.3) is 0 Å². The van der Waals surface area contributed by atoms with Gasteiger partial charge in [0.05, 0.1) is 7.11 Å². The minimum absolute atomic E-state index is 0.138. The molecule has 78 valence electrons. The predicted molar refractivity (Wildman–Crippen MR) is 59.0 cm³/mol. The number of allylic oxidation sites excluding steroid dienone is 5. The predicted octanol–water partition coefficient (Wildman–Crippen LogP) is 3.02. The Kier molecular flexibility index (Phi) is 8.86. The maximum atomic E-state index is 10.7. The summed E-state index contributed by atoms with van der Waals surface area (Å²) in [4.78, 5) is 10.7. The van der Waals surface area contributed by atoms with Crippen molar-refractivity contribution in [1.82, 2.24) is 0 Å². The number of hydrogen-bond donors (Lipinski definition) is 0. The van der Waals surface area contributed by atoms with Crippen LogP contribution < -0.4 is 0 Å². The Labute approximate surface area is 86.0 Å². The van der Waals surface area contributed by atoms with E-state index in [-0.39, 0.29) is 5.97 Å². The lowest BCUT2D eigenvalue weighted by Gasteiger charge is -1.94. The molecule has 0 aliphatic carbocycles. The van der Waals surface area contributed by atoms with Gasteiger partial charge in [-0.1, -0.05) is 30.4 Å². The molecular weight excluding hydrogens is 176 g/mol. The van der Waals surface area contributed by atoms with Crippen LogP contribution in [0.4, 0.5) is 0 Å². The Morgan fingerprint density at radius 3 is 2.71 bits per heavy atom. The molecule has 0 radical (unpaired) electrons. The second-order valence-electron chi connectivity index (χ2n) is 2.85. The van der Waals surface area contributed by atoms with E-state index in [2.05, 4.69) is 11.3 Å². The molecule has 0 aromatic heterocycles. The molecule has 0 amide bonds. The summed E-state index contributed by atoms with van der Waals surface area (Å²) < 4.78 is 4.52. The van der Waals surface area contributed by atoms with Crippen LogP contribution in [0.2, 0.25) is 0 Å². The van der Waals surface area contributed by atoms with Crippen LogP contribution in [0.15, 0.2) is 37.0 Å². The van der Waals surface area contributed by atoms with Gasteiger partial charge in [-0.3, -0.25) is 4.79 Å². The van der Waals surface area contributed by atoms with Crippen molar-refractivity contribution in [3.05, 3.63) is 37.0 Å². The largest absolute Gasteiger partial charge is 0.469 e. The van der Waals surface area contributed by atoms with Crippen LogP contribution in [-0.4, -0.2) is 13.1 Å². The van der Waals surface area contributed by atoms with Crippen LogP contribution in [-0.2, 0) is 9.53 Å². The fourth-order valence-electron chi connectivity index (χ4n) is 0.894. The van der Waals surface area contributed by atoms with E-state index in [0.29, 0.717) is 6.42 Å². The van der Waals surface area contributed by atoms with Gasteiger partial charge in [0.15, 0.2) is 0 Å². The quantitative estimate of drug-likeness (QED) is 0.269. The summed E-state index contributed by atoms with van der Waals surface area (Å²) in [6.45, 7) is 3.61. The summed E-state index contributed by atoms with van der Waals surface area (Å²) in [6.07, 6.45) is 13.0. The molecule has 0 aliphatic heterocycles. The molecule has 0 saturated heterocycles. The summed E-state index contributed by atoms with van der Waals surface area (Å²) in [5, 5.41) is 0. The van der Waals surface area contributed by atoms with E-state index in [9.17, 15) is 4.79 Å². The molecule has 0 aromatic rings. The second kappa shape index (κ2) is 9.78. The molecule has 0 spiro atoms. The zero-order valence-electron chi connectivity index (χ0n) is 8.74. The van der Waals surface area contributed by atoms with Crippen LogP contribution in [0.1, 0.15) is 25.7 Å². The fraction of sp³-hybridized carbons (Fsp3) is 0.417. The van der Waals surface area contributed by atoms with Gasteiger partial charge in [-0.2, -0.15) is 0 Å². The molecule has 0 heterocycles. The molecule has 0 aliphatic rings. The van der Waals surface area contributed by atoms with Crippen molar-refractivity contribution in [1.29, 1.82) is 0 Å². The standard InChI is InChI=1S/C12H18O2/c1-3-4-5-6-7-8-9-10-11-12(13)14-2/h3,5-8H,1,4,9-11H2,2H3/b6-5+,8-7+. The third-order valence-corrected chi connectivity index (χ3v) is 1.67. The maximum absolute atomic E-state index is 10.7. The number of rotatable bonds is 7. The lowest BCUT2D eigenvalue weighted by Crippen LogP contribution is -1.98. The van der Waals surface area contributed by atoms with E-state index in [1.807, 2.05) is 30.4 Å². The Morgan fingerprint density at radius 1 is 1.36 bits per heavy atom. The Morgan fingerprint density at radius 2 is 2.07 bits per heavy atom. The molecule has 0 saturated carbocycles. The number of esters is 1. The molecule has 0 unspecified atom stereocenters. The van der Waals surface area contributed by atoms with Gasteiger partial charge in [0.25, 0.3) is 0 Å². The van der Waals surface area contributed by atoms with Gasteiger partial charge in [-0.15, -0.1) is 6.58 Å². The van der Waals surface area contributed by atoms with Crippen molar-refractivity contribution < 1.29 is 9.53 Å². The first-order valence-electron chi connectivity index (χ1n) is 4.80. The average molecular weight is 194 g/mol. The number of carbonyl (C=O) groups is 1. The Bertz CT molecular complexity index is 214. The van der Waals surface area contributed by atoms with Crippen LogP contribution in [0.3, 0.4) is 0 Å². The van der Waals surface area contributed by atoms with Gasteiger partial charge in [0.2, 0.25) is 0 Å². The van der Waals surface area contributed by atoms with Crippen molar-refractivity contribution in [2.24, 2.45) is 0 Å². The third-order valence-electron chi connectivity index (χ3n) is 1.67. The second-order valence-corrected chi connectivity index (χ2v) is 2.85. The lowest BCUT2D eigenvalue weighted by molar-refractivity contribution is -0.140. The molecule has 0 atom stereocenters. The highest BCUT2D eigenvalue weighted by Gasteiger charge is 1.96. The number of hydrogen-bond acceptors (Lipinski definition) is 2. The van der Waals surface area contributed by atoms with Crippen molar-refractivity contribution >= 4 is 5.97 Å². The van der Waals surface area contributed by atoms with E-state index in [4.69, 9.17) is 0 Å². The molecule has 0 aromatic carbocycles. The molecule has 0 bridgehead atoms. The topological polar surface area (TPSA) is 26.3 Å². The highest BCUT2D eigenvalue weighted by Crippen LogP contribution is 1.98. The van der Waals surface area contributed by atoms with Crippen molar-refractivity contribution in [2.45, 2.75) is 25.7 Å². The smallest absolute Gasteiger partial charge is 0.305 e. The zero-order chi connectivity index (χ0) is 10.6. The molecule has 0 fully saturated rings. The summed E-state index contributed by atoms with van der Waals surface area (Å²) >= 11 is 0. The summed E-state index contributed by atoms with van der Waals surface area (Å²) in [5.74, 6) is -0.138. The van der Waals surface area contributed by atoms with E-state index >= 15 is 0 Å². The summed E-state index contributed by atoms with van der Waals surface area (Å²) in [5.41, 5.74) is 0. The van der Waals surface area contributed by atoms with Gasteiger partial charge in [0.1, 0.15) is 0 Å². The first kappa shape index (κ1) is 12.7. The monoisotopic (exact) mass is 194 g/mol. The van der Waals surface area contributed by atoms with Crippen molar-refractivity contribution in [2.75, 3.05) is 7.11 Å². The van der Waals surface area contributed by atoms with Crippen molar-refractivity contribution in [3.8, 4) is 0 Å². The highest BCUT2D eigenvalue weighted by atomic mass is 16.5. The Balaban J connectivity index is 3.35. The summed E-state index contributed by atoms with van der Waals surface area (Å²) in [6, 6.07) is 0. The van der Waals surface area contributed by atoms with Gasteiger partial charge < -0.3 is 4.74 Å².